The molecule has 2 N–H and O–H groups in total. The molecule has 0 aromatic heterocycles. The Morgan fingerprint density at radius 2 is 1.94 bits per heavy atom. The second-order valence-electron chi connectivity index (χ2n) is 3.69. The van der Waals surface area contributed by atoms with Crippen LogP contribution in [0.5, 0.6) is 17.2 Å². The number of hydrogen-bond donors (Lipinski definition) is 2. The van der Waals surface area contributed by atoms with Crippen LogP contribution in [0.3, 0.4) is 0 Å². The van der Waals surface area contributed by atoms with Crippen molar-refractivity contribution in [3.8, 4) is 17.2 Å². The van der Waals surface area contributed by atoms with Crippen molar-refractivity contribution < 1.29 is 14.9 Å². The predicted molar refractivity (Wildman–Crippen MR) is 69.9 cm³/mol. The number of hydrogen-bond acceptors (Lipinski definition) is 3. The number of halogens is 1. The summed E-state index contributed by atoms with van der Waals surface area (Å²) >= 11 is 5.77. The van der Waals surface area contributed by atoms with Crippen LogP contribution in [0.1, 0.15) is 30.0 Å². The first kappa shape index (κ1) is 13.7. The smallest absolute Gasteiger partial charge is 0.171 e. The van der Waals surface area contributed by atoms with Gasteiger partial charge in [-0.05, 0) is 13.3 Å². The van der Waals surface area contributed by atoms with Crippen molar-refractivity contribution in [2.45, 2.75) is 26.1 Å². The van der Waals surface area contributed by atoms with Crippen LogP contribution in [0.2, 0.25) is 0 Å². The lowest BCUT2D eigenvalue weighted by atomic mass is 10.0. The van der Waals surface area contributed by atoms with Crippen LogP contribution >= 0.6 is 11.6 Å². The van der Waals surface area contributed by atoms with Gasteiger partial charge in [-0.3, -0.25) is 0 Å². The van der Waals surface area contributed by atoms with Crippen LogP contribution < -0.4 is 4.74 Å². The SMILES string of the molecule is CCC=Cc1c(O)c(CCl)c(C)c(O)c1OC. The molecule has 0 heterocycles. The van der Waals surface area contributed by atoms with Crippen molar-refractivity contribution in [2.75, 3.05) is 7.11 Å². The van der Waals surface area contributed by atoms with Crippen molar-refractivity contribution in [1.82, 2.24) is 0 Å². The average molecular weight is 257 g/mol. The Hall–Kier alpha value is -1.35. The minimum atomic E-state index is 0.0247. The van der Waals surface area contributed by atoms with Gasteiger partial charge in [0.25, 0.3) is 0 Å². The molecule has 0 saturated heterocycles. The third-order valence-electron chi connectivity index (χ3n) is 2.67. The van der Waals surface area contributed by atoms with E-state index in [9.17, 15) is 10.2 Å². The molecular formula is C13H17ClO3. The Balaban J connectivity index is 3.54. The van der Waals surface area contributed by atoms with Crippen LogP contribution in [-0.4, -0.2) is 17.3 Å². The van der Waals surface area contributed by atoms with Crippen LogP contribution in [0.4, 0.5) is 0 Å². The number of aromatic hydroxyl groups is 2. The molecule has 0 amide bonds. The van der Waals surface area contributed by atoms with Gasteiger partial charge in [0.15, 0.2) is 11.5 Å². The molecule has 94 valence electrons. The minimum Gasteiger partial charge on any atom is -0.507 e. The molecule has 0 saturated carbocycles. The molecule has 0 unspecified atom stereocenters. The molecule has 0 aliphatic rings. The van der Waals surface area contributed by atoms with E-state index in [1.54, 1.807) is 13.0 Å². The number of benzene rings is 1. The number of allylic oxidation sites excluding steroid dienone is 1. The first-order valence-electron chi connectivity index (χ1n) is 5.42. The Bertz CT molecular complexity index is 439. The lowest BCUT2D eigenvalue weighted by Gasteiger charge is -2.15. The Labute approximate surface area is 106 Å². The number of phenols is 2. The zero-order valence-corrected chi connectivity index (χ0v) is 11.0. The van der Waals surface area contributed by atoms with Gasteiger partial charge in [0.2, 0.25) is 0 Å². The van der Waals surface area contributed by atoms with E-state index < -0.39 is 0 Å². The van der Waals surface area contributed by atoms with Crippen molar-refractivity contribution in [3.63, 3.8) is 0 Å². The largest absolute Gasteiger partial charge is 0.507 e. The summed E-state index contributed by atoms with van der Waals surface area (Å²) < 4.78 is 5.13. The van der Waals surface area contributed by atoms with Gasteiger partial charge in [0.05, 0.1) is 18.6 Å². The third-order valence-corrected chi connectivity index (χ3v) is 2.93. The summed E-state index contributed by atoms with van der Waals surface area (Å²) in [7, 11) is 1.46. The Morgan fingerprint density at radius 1 is 1.29 bits per heavy atom. The maximum Gasteiger partial charge on any atom is 0.171 e. The summed E-state index contributed by atoms with van der Waals surface area (Å²) in [5.74, 6) is 0.509. The molecule has 17 heavy (non-hydrogen) atoms. The lowest BCUT2D eigenvalue weighted by molar-refractivity contribution is 0.364. The maximum atomic E-state index is 10.1. The van der Waals surface area contributed by atoms with E-state index in [0.717, 1.165) is 6.42 Å². The number of alkyl halides is 1. The molecule has 0 spiro atoms. The summed E-state index contributed by atoms with van der Waals surface area (Å²) in [6.45, 7) is 3.68. The number of rotatable bonds is 4. The highest BCUT2D eigenvalue weighted by Gasteiger charge is 2.19. The second-order valence-corrected chi connectivity index (χ2v) is 3.96. The zero-order valence-electron chi connectivity index (χ0n) is 10.2. The summed E-state index contributed by atoms with van der Waals surface area (Å²) in [5.41, 5.74) is 1.54. The topological polar surface area (TPSA) is 49.7 Å². The highest BCUT2D eigenvalue weighted by molar-refractivity contribution is 6.17. The highest BCUT2D eigenvalue weighted by atomic mass is 35.5. The predicted octanol–water partition coefficient (Wildman–Crippen LogP) is 3.58. The molecule has 0 atom stereocenters. The van der Waals surface area contributed by atoms with Crippen LogP contribution in [-0.2, 0) is 5.88 Å². The number of phenolic OH excluding ortho intramolecular Hbond substituents is 2. The van der Waals surface area contributed by atoms with Gasteiger partial charge in [-0.1, -0.05) is 19.1 Å². The van der Waals surface area contributed by atoms with E-state index in [2.05, 4.69) is 0 Å². The fourth-order valence-corrected chi connectivity index (χ4v) is 1.98. The van der Waals surface area contributed by atoms with E-state index >= 15 is 0 Å². The van der Waals surface area contributed by atoms with E-state index in [0.29, 0.717) is 16.7 Å². The first-order chi connectivity index (χ1) is 8.08. The molecular weight excluding hydrogens is 240 g/mol. The summed E-state index contributed by atoms with van der Waals surface area (Å²) in [4.78, 5) is 0. The summed E-state index contributed by atoms with van der Waals surface area (Å²) in [6, 6.07) is 0. The number of methoxy groups -OCH3 is 1. The van der Waals surface area contributed by atoms with E-state index in [-0.39, 0.29) is 23.1 Å². The number of ether oxygens (including phenoxy) is 1. The molecule has 0 bridgehead atoms. The average Bonchev–Trinajstić information content (AvgIpc) is 2.33. The molecule has 0 fully saturated rings. The fourth-order valence-electron chi connectivity index (χ4n) is 1.65. The maximum absolute atomic E-state index is 10.1. The van der Waals surface area contributed by atoms with Crippen molar-refractivity contribution in [3.05, 3.63) is 22.8 Å². The molecule has 0 aliphatic carbocycles. The first-order valence-corrected chi connectivity index (χ1v) is 5.95. The van der Waals surface area contributed by atoms with Crippen molar-refractivity contribution in [2.24, 2.45) is 0 Å². The normalized spacial score (nSPS) is 11.1. The van der Waals surface area contributed by atoms with Crippen LogP contribution in [0, 0.1) is 6.92 Å². The molecule has 3 nitrogen and oxygen atoms in total. The Kier molecular flexibility index (Phi) is 4.70. The van der Waals surface area contributed by atoms with Gasteiger partial charge in [-0.25, -0.2) is 0 Å². The molecule has 0 aliphatic heterocycles. The molecule has 1 rings (SSSR count). The second kappa shape index (κ2) is 5.82. The van der Waals surface area contributed by atoms with Crippen molar-refractivity contribution >= 4 is 17.7 Å². The van der Waals surface area contributed by atoms with Crippen molar-refractivity contribution in [1.29, 1.82) is 0 Å². The molecule has 4 heteroatoms. The molecule has 1 aromatic rings. The molecule has 1 aromatic carbocycles. The van der Waals surface area contributed by atoms with E-state index in [1.165, 1.54) is 7.11 Å². The zero-order chi connectivity index (χ0) is 13.0. The van der Waals surface area contributed by atoms with Gasteiger partial charge in [0, 0.05) is 11.1 Å². The fraction of sp³-hybridized carbons (Fsp3) is 0.385. The van der Waals surface area contributed by atoms with Crippen LogP contribution in [0.15, 0.2) is 6.08 Å². The lowest BCUT2D eigenvalue weighted by Crippen LogP contribution is -1.96. The van der Waals surface area contributed by atoms with E-state index in [4.69, 9.17) is 16.3 Å². The Morgan fingerprint density at radius 3 is 2.41 bits per heavy atom. The van der Waals surface area contributed by atoms with Gasteiger partial charge < -0.3 is 14.9 Å². The summed E-state index contributed by atoms with van der Waals surface area (Å²) in [6.07, 6.45) is 4.43. The summed E-state index contributed by atoms with van der Waals surface area (Å²) in [5, 5.41) is 20.1. The van der Waals surface area contributed by atoms with Gasteiger partial charge >= 0.3 is 0 Å². The standard InChI is InChI=1S/C13H17ClO3/c1-4-5-6-9-12(16)10(7-14)8(2)11(15)13(9)17-3/h5-6,15-16H,4,7H2,1-3H3. The van der Waals surface area contributed by atoms with Gasteiger partial charge in [-0.15, -0.1) is 11.6 Å². The third kappa shape index (κ3) is 2.50. The quantitative estimate of drug-likeness (QED) is 0.640. The highest BCUT2D eigenvalue weighted by Crippen LogP contribution is 2.43. The molecule has 0 radical (unpaired) electrons. The van der Waals surface area contributed by atoms with Gasteiger partial charge in [-0.2, -0.15) is 0 Å². The monoisotopic (exact) mass is 256 g/mol. The van der Waals surface area contributed by atoms with E-state index in [1.807, 2.05) is 13.0 Å². The minimum absolute atomic E-state index is 0.0247. The van der Waals surface area contributed by atoms with Crippen LogP contribution in [0.25, 0.3) is 6.08 Å². The van der Waals surface area contributed by atoms with Gasteiger partial charge in [0.1, 0.15) is 5.75 Å².